The SMILES string of the molecule is CC(C)(CO)COC(=O)CC=CCC(CC(=O)OCC(C)(C)CO)C(=O)OCC(C)(C)CO. The van der Waals surface area contributed by atoms with Gasteiger partial charge in [-0.2, -0.15) is 0 Å². The zero-order valence-corrected chi connectivity index (χ0v) is 20.9. The van der Waals surface area contributed by atoms with Crippen LogP contribution in [0.5, 0.6) is 0 Å². The summed E-state index contributed by atoms with van der Waals surface area (Å²) in [6, 6.07) is 0. The van der Waals surface area contributed by atoms with Crippen molar-refractivity contribution in [2.24, 2.45) is 22.2 Å². The molecule has 33 heavy (non-hydrogen) atoms. The highest BCUT2D eigenvalue weighted by atomic mass is 16.5. The largest absolute Gasteiger partial charge is 0.465 e. The monoisotopic (exact) mass is 474 g/mol. The van der Waals surface area contributed by atoms with Crippen molar-refractivity contribution >= 4 is 17.9 Å². The van der Waals surface area contributed by atoms with Gasteiger partial charge in [-0.05, 0) is 6.42 Å². The van der Waals surface area contributed by atoms with Gasteiger partial charge in [0.05, 0.1) is 58.4 Å². The summed E-state index contributed by atoms with van der Waals surface area (Å²) in [5.41, 5.74) is -1.74. The first kappa shape index (κ1) is 31.0. The van der Waals surface area contributed by atoms with Gasteiger partial charge in [-0.25, -0.2) is 0 Å². The Hall–Kier alpha value is -1.97. The van der Waals surface area contributed by atoms with Crippen molar-refractivity contribution in [2.75, 3.05) is 39.6 Å². The minimum absolute atomic E-state index is 0.00745. The molecule has 1 unspecified atom stereocenters. The molecule has 0 fully saturated rings. The highest BCUT2D eigenvalue weighted by Gasteiger charge is 2.27. The van der Waals surface area contributed by atoms with E-state index in [9.17, 15) is 29.7 Å². The van der Waals surface area contributed by atoms with Crippen LogP contribution in [0.25, 0.3) is 0 Å². The molecule has 0 saturated carbocycles. The Morgan fingerprint density at radius 3 is 1.58 bits per heavy atom. The summed E-state index contributed by atoms with van der Waals surface area (Å²) in [7, 11) is 0. The fraction of sp³-hybridized carbons (Fsp3) is 0.792. The van der Waals surface area contributed by atoms with Gasteiger partial charge in [0.25, 0.3) is 0 Å². The van der Waals surface area contributed by atoms with E-state index in [1.54, 1.807) is 53.7 Å². The molecule has 0 aromatic heterocycles. The van der Waals surface area contributed by atoms with Gasteiger partial charge < -0.3 is 29.5 Å². The molecule has 9 nitrogen and oxygen atoms in total. The molecule has 0 aromatic carbocycles. The van der Waals surface area contributed by atoms with E-state index in [2.05, 4.69) is 0 Å². The summed E-state index contributed by atoms with van der Waals surface area (Å²) >= 11 is 0. The van der Waals surface area contributed by atoms with Gasteiger partial charge in [0.15, 0.2) is 0 Å². The summed E-state index contributed by atoms with van der Waals surface area (Å²) in [5, 5.41) is 27.8. The van der Waals surface area contributed by atoms with E-state index in [0.29, 0.717) is 0 Å². The number of carbonyl (C=O) groups excluding carboxylic acids is 3. The number of carbonyl (C=O) groups is 3. The lowest BCUT2D eigenvalue weighted by Gasteiger charge is -2.23. The Morgan fingerprint density at radius 1 is 0.697 bits per heavy atom. The van der Waals surface area contributed by atoms with Crippen molar-refractivity contribution in [2.45, 2.75) is 60.8 Å². The molecule has 0 aromatic rings. The van der Waals surface area contributed by atoms with Crippen LogP contribution in [0.2, 0.25) is 0 Å². The maximum atomic E-state index is 12.6. The van der Waals surface area contributed by atoms with Gasteiger partial charge in [-0.1, -0.05) is 53.7 Å². The second kappa shape index (κ2) is 14.3. The first-order valence-electron chi connectivity index (χ1n) is 11.1. The second-order valence-corrected chi connectivity index (χ2v) is 10.7. The fourth-order valence-electron chi connectivity index (χ4n) is 2.09. The van der Waals surface area contributed by atoms with Crippen LogP contribution >= 0.6 is 0 Å². The Bertz CT molecular complexity index is 650. The molecule has 0 amide bonds. The van der Waals surface area contributed by atoms with E-state index in [4.69, 9.17) is 14.2 Å². The van der Waals surface area contributed by atoms with Crippen molar-refractivity contribution in [1.82, 2.24) is 0 Å². The van der Waals surface area contributed by atoms with Crippen molar-refractivity contribution in [1.29, 1.82) is 0 Å². The zero-order chi connectivity index (χ0) is 25.7. The predicted molar refractivity (Wildman–Crippen MR) is 122 cm³/mol. The molecular formula is C24H42O9. The molecule has 0 aliphatic rings. The molecule has 192 valence electrons. The van der Waals surface area contributed by atoms with Crippen molar-refractivity contribution in [3.05, 3.63) is 12.2 Å². The summed E-state index contributed by atoms with van der Waals surface area (Å²) in [6.07, 6.45) is 3.06. The number of rotatable bonds is 16. The normalized spacial score (nSPS) is 13.6. The molecule has 0 spiro atoms. The molecule has 0 aliphatic heterocycles. The summed E-state index contributed by atoms with van der Waals surface area (Å²) < 4.78 is 15.6. The van der Waals surface area contributed by atoms with Crippen LogP contribution in [0.1, 0.15) is 60.8 Å². The smallest absolute Gasteiger partial charge is 0.309 e. The number of esters is 3. The van der Waals surface area contributed by atoms with E-state index in [-0.39, 0.29) is 58.9 Å². The van der Waals surface area contributed by atoms with Crippen molar-refractivity contribution in [3.8, 4) is 0 Å². The van der Waals surface area contributed by atoms with Crippen molar-refractivity contribution in [3.63, 3.8) is 0 Å². The van der Waals surface area contributed by atoms with E-state index in [1.165, 1.54) is 0 Å². The topological polar surface area (TPSA) is 140 Å². The van der Waals surface area contributed by atoms with Gasteiger partial charge in [-0.15, -0.1) is 0 Å². The molecule has 0 radical (unpaired) electrons. The minimum Gasteiger partial charge on any atom is -0.465 e. The number of aliphatic hydroxyl groups is 3. The lowest BCUT2D eigenvalue weighted by Crippen LogP contribution is -2.30. The number of allylic oxidation sites excluding steroid dienone is 1. The lowest BCUT2D eigenvalue weighted by molar-refractivity contribution is -0.159. The average molecular weight is 475 g/mol. The van der Waals surface area contributed by atoms with Gasteiger partial charge >= 0.3 is 17.9 Å². The third kappa shape index (κ3) is 14.7. The summed E-state index contributed by atoms with van der Waals surface area (Å²) in [5.74, 6) is -2.50. The molecule has 0 rings (SSSR count). The highest BCUT2D eigenvalue weighted by molar-refractivity contribution is 5.80. The predicted octanol–water partition coefficient (Wildman–Crippen LogP) is 2.01. The molecule has 0 bridgehead atoms. The minimum atomic E-state index is -0.829. The van der Waals surface area contributed by atoms with Crippen LogP contribution in [0.15, 0.2) is 12.2 Å². The maximum Gasteiger partial charge on any atom is 0.309 e. The molecule has 1 atom stereocenters. The van der Waals surface area contributed by atoms with Crippen LogP contribution in [-0.2, 0) is 28.6 Å². The molecular weight excluding hydrogens is 432 g/mol. The van der Waals surface area contributed by atoms with Crippen LogP contribution < -0.4 is 0 Å². The van der Waals surface area contributed by atoms with Crippen LogP contribution in [0, 0.1) is 22.2 Å². The van der Waals surface area contributed by atoms with Crippen LogP contribution in [-0.4, -0.2) is 72.9 Å². The first-order valence-corrected chi connectivity index (χ1v) is 11.1. The Morgan fingerprint density at radius 2 is 1.12 bits per heavy atom. The Balaban J connectivity index is 4.93. The number of ether oxygens (including phenoxy) is 3. The molecule has 0 heterocycles. The number of hydrogen-bond acceptors (Lipinski definition) is 9. The quantitative estimate of drug-likeness (QED) is 0.174. The van der Waals surface area contributed by atoms with Gasteiger partial charge in [-0.3, -0.25) is 14.4 Å². The van der Waals surface area contributed by atoms with Crippen molar-refractivity contribution < 1.29 is 43.9 Å². The number of aliphatic hydroxyl groups excluding tert-OH is 3. The van der Waals surface area contributed by atoms with Gasteiger partial charge in [0.2, 0.25) is 0 Å². The van der Waals surface area contributed by atoms with E-state index >= 15 is 0 Å². The van der Waals surface area contributed by atoms with Gasteiger partial charge in [0, 0.05) is 16.2 Å². The maximum absolute atomic E-state index is 12.6. The van der Waals surface area contributed by atoms with Gasteiger partial charge in [0.1, 0.15) is 0 Å². The molecule has 0 aliphatic carbocycles. The zero-order valence-electron chi connectivity index (χ0n) is 20.9. The standard InChI is InChI=1S/C24H42O9/c1-22(2,12-25)15-31-19(28)10-8-7-9-18(21(30)33-17-24(5,6)14-27)11-20(29)32-16-23(3,4)13-26/h7-8,18,25-27H,9-17H2,1-6H3. The third-order valence-corrected chi connectivity index (χ3v) is 4.76. The fourth-order valence-corrected chi connectivity index (χ4v) is 2.09. The summed E-state index contributed by atoms with van der Waals surface area (Å²) in [4.78, 5) is 36.7. The van der Waals surface area contributed by atoms with E-state index in [1.807, 2.05) is 0 Å². The molecule has 0 saturated heterocycles. The van der Waals surface area contributed by atoms with E-state index in [0.717, 1.165) is 0 Å². The lowest BCUT2D eigenvalue weighted by atomic mass is 9.96. The molecule has 9 heteroatoms. The number of hydrogen-bond donors (Lipinski definition) is 3. The molecule has 3 N–H and O–H groups in total. The Kier molecular flexibility index (Phi) is 13.5. The third-order valence-electron chi connectivity index (χ3n) is 4.76. The van der Waals surface area contributed by atoms with Crippen LogP contribution in [0.3, 0.4) is 0 Å². The summed E-state index contributed by atoms with van der Waals surface area (Å²) in [6.45, 7) is 10.1. The first-order chi connectivity index (χ1) is 15.2. The highest BCUT2D eigenvalue weighted by Crippen LogP contribution is 2.20. The Labute approximate surface area is 197 Å². The van der Waals surface area contributed by atoms with Crippen LogP contribution in [0.4, 0.5) is 0 Å². The average Bonchev–Trinajstić information content (AvgIpc) is 2.76. The van der Waals surface area contributed by atoms with E-state index < -0.39 is 40.1 Å². The second-order valence-electron chi connectivity index (χ2n) is 10.7.